The molecule has 1 aromatic heterocycles. The Balaban J connectivity index is 1.66. The maximum absolute atomic E-state index is 12.4. The molecule has 2 amide bonds. The second-order valence-electron chi connectivity index (χ2n) is 7.07. The highest BCUT2D eigenvalue weighted by molar-refractivity contribution is 5.74. The Labute approximate surface area is 143 Å². The first-order valence-corrected chi connectivity index (χ1v) is 8.65. The van der Waals surface area contributed by atoms with Gasteiger partial charge in [-0.25, -0.2) is 4.79 Å². The van der Waals surface area contributed by atoms with Gasteiger partial charge in [-0.05, 0) is 30.9 Å². The van der Waals surface area contributed by atoms with Gasteiger partial charge in [-0.15, -0.1) is 0 Å². The molecular formula is C18H27N3O3. The number of hydrogen-bond acceptors (Lipinski definition) is 4. The van der Waals surface area contributed by atoms with Crippen LogP contribution in [0.2, 0.25) is 0 Å². The normalized spacial score (nSPS) is 26.8. The number of pyridine rings is 1. The molecule has 6 nitrogen and oxygen atoms in total. The number of carbonyl (C=O) groups is 1. The maximum Gasteiger partial charge on any atom is 0.319 e. The van der Waals surface area contributed by atoms with Crippen molar-refractivity contribution in [3.05, 3.63) is 30.1 Å². The van der Waals surface area contributed by atoms with Gasteiger partial charge >= 0.3 is 6.03 Å². The largest absolute Gasteiger partial charge is 0.377 e. The van der Waals surface area contributed by atoms with Gasteiger partial charge < -0.3 is 19.3 Å². The summed E-state index contributed by atoms with van der Waals surface area (Å²) in [5.41, 5.74) is 0.976. The molecule has 132 valence electrons. The van der Waals surface area contributed by atoms with Crippen molar-refractivity contribution in [3.8, 4) is 0 Å². The molecule has 2 atom stereocenters. The number of carbonyl (C=O) groups excluding carboxylic acids is 1. The van der Waals surface area contributed by atoms with E-state index in [2.05, 4.69) is 4.98 Å². The van der Waals surface area contributed by atoms with Crippen molar-refractivity contribution in [3.63, 3.8) is 0 Å². The van der Waals surface area contributed by atoms with E-state index in [1.165, 1.54) is 0 Å². The van der Waals surface area contributed by atoms with Crippen molar-refractivity contribution >= 4 is 6.03 Å². The molecule has 2 saturated heterocycles. The zero-order chi connectivity index (χ0) is 17.0. The van der Waals surface area contributed by atoms with Crippen molar-refractivity contribution in [1.29, 1.82) is 0 Å². The van der Waals surface area contributed by atoms with Crippen LogP contribution in [0.5, 0.6) is 0 Å². The van der Waals surface area contributed by atoms with Gasteiger partial charge in [0.15, 0.2) is 0 Å². The van der Waals surface area contributed by atoms with Crippen molar-refractivity contribution in [2.24, 2.45) is 5.41 Å². The third-order valence-corrected chi connectivity index (χ3v) is 5.02. The quantitative estimate of drug-likeness (QED) is 0.847. The van der Waals surface area contributed by atoms with Crippen molar-refractivity contribution < 1.29 is 14.3 Å². The van der Waals surface area contributed by atoms with Crippen LogP contribution in [0.15, 0.2) is 24.5 Å². The Hall–Kier alpha value is -1.66. The van der Waals surface area contributed by atoms with Crippen LogP contribution in [0.4, 0.5) is 4.79 Å². The fourth-order valence-electron chi connectivity index (χ4n) is 3.80. The summed E-state index contributed by atoms with van der Waals surface area (Å²) in [6.45, 7) is 3.44. The third kappa shape index (κ3) is 3.70. The Morgan fingerprint density at radius 1 is 1.54 bits per heavy atom. The van der Waals surface area contributed by atoms with Gasteiger partial charge in [-0.3, -0.25) is 4.98 Å². The summed E-state index contributed by atoms with van der Waals surface area (Å²) in [5, 5.41) is 0. The predicted octanol–water partition coefficient (Wildman–Crippen LogP) is 2.15. The molecule has 0 N–H and O–H groups in total. The molecule has 0 aliphatic carbocycles. The molecular weight excluding hydrogens is 306 g/mol. The zero-order valence-electron chi connectivity index (χ0n) is 14.6. The van der Waals surface area contributed by atoms with Gasteiger partial charge in [0.1, 0.15) is 0 Å². The minimum atomic E-state index is -0.0929. The Bertz CT molecular complexity index is 552. The molecule has 6 heteroatoms. The minimum Gasteiger partial charge on any atom is -0.377 e. The van der Waals surface area contributed by atoms with E-state index in [4.69, 9.17) is 9.47 Å². The minimum absolute atomic E-state index is 0.0747. The first-order chi connectivity index (χ1) is 11.6. The lowest BCUT2D eigenvalue weighted by atomic mass is 9.73. The van der Waals surface area contributed by atoms with Crippen LogP contribution in [0.3, 0.4) is 0 Å². The summed E-state index contributed by atoms with van der Waals surface area (Å²) in [6, 6.07) is 4.01. The molecule has 2 fully saturated rings. The first-order valence-electron chi connectivity index (χ1n) is 8.65. The van der Waals surface area contributed by atoms with E-state index in [1.54, 1.807) is 25.2 Å². The molecule has 0 spiro atoms. The topological polar surface area (TPSA) is 54.9 Å². The molecule has 2 aliphatic heterocycles. The maximum atomic E-state index is 12.4. The Morgan fingerprint density at radius 3 is 3.17 bits per heavy atom. The molecule has 3 rings (SSSR count). The van der Waals surface area contributed by atoms with Crippen LogP contribution in [0.25, 0.3) is 0 Å². The first kappa shape index (κ1) is 17.2. The molecule has 0 saturated carbocycles. The predicted molar refractivity (Wildman–Crippen MR) is 90.6 cm³/mol. The van der Waals surface area contributed by atoms with Gasteiger partial charge in [-0.1, -0.05) is 6.07 Å². The standard InChI is InChI=1S/C18H27N3O3/c1-20(2)17(22)21-9-6-16-18(13-21,7-4-10-24-16)14-23-12-15-5-3-8-19-11-15/h3,5,8,11,16H,4,6-7,9-10,12-14H2,1-2H3/t16-,18-/m1/s1. The lowest BCUT2D eigenvalue weighted by Crippen LogP contribution is -2.59. The summed E-state index contributed by atoms with van der Waals surface area (Å²) in [5.74, 6) is 0. The average molecular weight is 333 g/mol. The monoisotopic (exact) mass is 333 g/mol. The number of piperidine rings is 1. The van der Waals surface area contributed by atoms with E-state index in [-0.39, 0.29) is 17.6 Å². The van der Waals surface area contributed by atoms with Gasteiger partial charge in [0.05, 0.1) is 19.3 Å². The number of ether oxygens (including phenoxy) is 2. The molecule has 0 bridgehead atoms. The Kier molecular flexibility index (Phi) is 5.36. The second kappa shape index (κ2) is 7.49. The van der Waals surface area contributed by atoms with Crippen LogP contribution < -0.4 is 0 Å². The van der Waals surface area contributed by atoms with Crippen molar-refractivity contribution in [1.82, 2.24) is 14.8 Å². The van der Waals surface area contributed by atoms with Gasteiger partial charge in [0.2, 0.25) is 0 Å². The zero-order valence-corrected chi connectivity index (χ0v) is 14.6. The van der Waals surface area contributed by atoms with Gasteiger partial charge in [-0.2, -0.15) is 0 Å². The molecule has 0 aromatic carbocycles. The van der Waals surface area contributed by atoms with Crippen LogP contribution >= 0.6 is 0 Å². The van der Waals surface area contributed by atoms with Crippen molar-refractivity contribution in [2.75, 3.05) is 40.4 Å². The summed E-state index contributed by atoms with van der Waals surface area (Å²) in [6.07, 6.45) is 6.73. The van der Waals surface area contributed by atoms with Gasteiger partial charge in [0.25, 0.3) is 0 Å². The molecule has 3 heterocycles. The average Bonchev–Trinajstić information content (AvgIpc) is 2.61. The van der Waals surface area contributed by atoms with E-state index >= 15 is 0 Å². The highest BCUT2D eigenvalue weighted by atomic mass is 16.5. The summed E-state index contributed by atoms with van der Waals surface area (Å²) in [7, 11) is 3.61. The number of likely N-dealkylation sites (tertiary alicyclic amines) is 1. The number of fused-ring (bicyclic) bond motifs is 1. The summed E-state index contributed by atoms with van der Waals surface area (Å²) in [4.78, 5) is 20.1. The molecule has 1 aromatic rings. The van der Waals surface area contributed by atoms with E-state index < -0.39 is 0 Å². The van der Waals surface area contributed by atoms with Crippen LogP contribution in [-0.2, 0) is 16.1 Å². The van der Waals surface area contributed by atoms with E-state index in [1.807, 2.05) is 23.2 Å². The van der Waals surface area contributed by atoms with E-state index in [0.717, 1.165) is 38.0 Å². The molecule has 0 radical (unpaired) electrons. The number of hydrogen-bond donors (Lipinski definition) is 0. The number of amides is 2. The highest BCUT2D eigenvalue weighted by Crippen LogP contribution is 2.40. The fraction of sp³-hybridized carbons (Fsp3) is 0.667. The fourth-order valence-corrected chi connectivity index (χ4v) is 3.80. The van der Waals surface area contributed by atoms with Crippen LogP contribution in [0, 0.1) is 5.41 Å². The Morgan fingerprint density at radius 2 is 2.42 bits per heavy atom. The van der Waals surface area contributed by atoms with Gasteiger partial charge in [0, 0.05) is 51.6 Å². The summed E-state index contributed by atoms with van der Waals surface area (Å²) >= 11 is 0. The lowest BCUT2D eigenvalue weighted by Gasteiger charge is -2.50. The third-order valence-electron chi connectivity index (χ3n) is 5.02. The van der Waals surface area contributed by atoms with Crippen LogP contribution in [-0.4, -0.2) is 67.3 Å². The number of urea groups is 1. The number of rotatable bonds is 4. The van der Waals surface area contributed by atoms with E-state index in [0.29, 0.717) is 19.8 Å². The molecule has 2 aliphatic rings. The van der Waals surface area contributed by atoms with E-state index in [9.17, 15) is 4.79 Å². The number of aromatic nitrogens is 1. The molecule has 24 heavy (non-hydrogen) atoms. The SMILES string of the molecule is CN(C)C(=O)N1CC[C@H]2OCCC[C@]2(COCc2cccnc2)C1. The lowest BCUT2D eigenvalue weighted by molar-refractivity contribution is -0.149. The van der Waals surface area contributed by atoms with Crippen molar-refractivity contribution in [2.45, 2.75) is 32.0 Å². The second-order valence-corrected chi connectivity index (χ2v) is 7.07. The number of nitrogens with zero attached hydrogens (tertiary/aromatic N) is 3. The highest BCUT2D eigenvalue weighted by Gasteiger charge is 2.47. The molecule has 0 unspecified atom stereocenters. The smallest absolute Gasteiger partial charge is 0.319 e. The van der Waals surface area contributed by atoms with Crippen LogP contribution in [0.1, 0.15) is 24.8 Å². The summed E-state index contributed by atoms with van der Waals surface area (Å²) < 4.78 is 12.1.